The lowest BCUT2D eigenvalue weighted by molar-refractivity contribution is 1.88. The van der Waals surface area contributed by atoms with E-state index < -0.39 is 0 Å². The van der Waals surface area contributed by atoms with Crippen molar-refractivity contribution in [3.05, 3.63) is 52.1 Å². The largest absolute Gasteiger partial charge is 0.135 e. The van der Waals surface area contributed by atoms with Gasteiger partial charge in [0.25, 0.3) is 0 Å². The Morgan fingerprint density at radius 1 is 0.750 bits per heavy atom. The molecule has 0 aromatic heterocycles. The van der Waals surface area contributed by atoms with Gasteiger partial charge in [0.05, 0.1) is 16.9 Å². The summed E-state index contributed by atoms with van der Waals surface area (Å²) in [7, 11) is 0. The molecule has 16 heavy (non-hydrogen) atoms. The van der Waals surface area contributed by atoms with Gasteiger partial charge in [-0.25, -0.2) is 0 Å². The summed E-state index contributed by atoms with van der Waals surface area (Å²) in [6, 6.07) is 0. The van der Waals surface area contributed by atoms with Gasteiger partial charge in [0.1, 0.15) is 0 Å². The molecule has 2 heterocycles. The molecule has 0 fully saturated rings. The zero-order valence-electron chi connectivity index (χ0n) is 8.10. The maximum absolute atomic E-state index is 4.37. The quantitative estimate of drug-likeness (QED) is 0.631. The second-order valence-electron chi connectivity index (χ2n) is 2.73. The van der Waals surface area contributed by atoms with Crippen molar-refractivity contribution in [3.63, 3.8) is 0 Å². The van der Waals surface area contributed by atoms with Crippen LogP contribution in [0.15, 0.2) is 52.1 Å². The summed E-state index contributed by atoms with van der Waals surface area (Å²) in [6.45, 7) is 7.63. The van der Waals surface area contributed by atoms with Crippen LogP contribution in [-0.4, -0.2) is 0 Å². The summed E-state index contributed by atoms with van der Waals surface area (Å²) in [5.41, 5.74) is 0. The van der Waals surface area contributed by atoms with Gasteiger partial charge in [0, 0.05) is 9.81 Å². The predicted molar refractivity (Wildman–Crippen MR) is 89.8 cm³/mol. The van der Waals surface area contributed by atoms with Crippen LogP contribution in [-0.2, 0) is 0 Å². The molecular formula is C10H8S6. The highest BCUT2D eigenvalue weighted by Gasteiger charge is 2.25. The molecular weight excluding hydrogens is 313 g/mol. The summed E-state index contributed by atoms with van der Waals surface area (Å²) >= 11 is 15.6. The molecule has 0 aliphatic carbocycles. The summed E-state index contributed by atoms with van der Waals surface area (Å²) in [6.07, 6.45) is 3.76. The molecule has 0 atom stereocenters. The molecule has 0 amide bonds. The van der Waals surface area contributed by atoms with Crippen LogP contribution in [0.2, 0.25) is 0 Å². The first-order chi connectivity index (χ1) is 7.65. The molecule has 84 valence electrons. The van der Waals surface area contributed by atoms with E-state index in [4.69, 9.17) is 0 Å². The highest BCUT2D eigenvalue weighted by molar-refractivity contribution is 8.39. The van der Waals surface area contributed by atoms with Gasteiger partial charge in [-0.05, 0) is 0 Å². The normalized spacial score (nSPS) is 21.1. The molecule has 0 aromatic carbocycles. The molecule has 0 saturated heterocycles. The Labute approximate surface area is 123 Å². The molecule has 0 saturated carbocycles. The second-order valence-corrected chi connectivity index (χ2v) is 8.89. The maximum atomic E-state index is 4.37. The van der Waals surface area contributed by atoms with E-state index >= 15 is 0 Å². The van der Waals surface area contributed by atoms with E-state index in [1.54, 1.807) is 47.0 Å². The number of rotatable bonds is 2. The van der Waals surface area contributed by atoms with E-state index in [0.717, 1.165) is 8.47 Å². The van der Waals surface area contributed by atoms with Crippen molar-refractivity contribution in [3.8, 4) is 0 Å². The number of thiol groups is 2. The van der Waals surface area contributed by atoms with Crippen molar-refractivity contribution < 1.29 is 0 Å². The summed E-state index contributed by atoms with van der Waals surface area (Å²) in [5.74, 6) is 0. The van der Waals surface area contributed by atoms with Crippen LogP contribution in [0.25, 0.3) is 0 Å². The average Bonchev–Trinajstić information content (AvgIpc) is 2.83. The van der Waals surface area contributed by atoms with E-state index in [9.17, 15) is 0 Å². The molecule has 0 spiro atoms. The van der Waals surface area contributed by atoms with E-state index in [-0.39, 0.29) is 0 Å². The molecule has 0 radical (unpaired) electrons. The standard InChI is InChI=1S/C10H8S6/c1-3-5-6(4-2)14-9(13-5)10-15-7(11)8(12)16-10/h3-4,11-12H,1-2H2. The molecule has 6 heteroatoms. The van der Waals surface area contributed by atoms with E-state index in [2.05, 4.69) is 38.4 Å². The molecule has 0 nitrogen and oxygen atoms in total. The Kier molecular flexibility index (Phi) is 4.66. The predicted octanol–water partition coefficient (Wildman–Crippen LogP) is 5.64. The third-order valence-corrected chi connectivity index (χ3v) is 8.56. The van der Waals surface area contributed by atoms with Gasteiger partial charge < -0.3 is 0 Å². The Hall–Kier alpha value is 0.800. The van der Waals surface area contributed by atoms with Gasteiger partial charge >= 0.3 is 0 Å². The Morgan fingerprint density at radius 3 is 1.50 bits per heavy atom. The van der Waals surface area contributed by atoms with Gasteiger partial charge in [0.2, 0.25) is 0 Å². The minimum Gasteiger partial charge on any atom is -0.135 e. The van der Waals surface area contributed by atoms with Crippen LogP contribution in [0.4, 0.5) is 0 Å². The summed E-state index contributed by atoms with van der Waals surface area (Å²) in [5, 5.41) is 0. The fourth-order valence-electron chi connectivity index (χ4n) is 1.06. The van der Waals surface area contributed by atoms with Crippen molar-refractivity contribution >= 4 is 72.3 Å². The molecule has 2 aliphatic heterocycles. The molecule has 0 bridgehead atoms. The van der Waals surface area contributed by atoms with Gasteiger partial charge in [-0.15, -0.1) is 25.3 Å². The van der Waals surface area contributed by atoms with Gasteiger partial charge in [-0.1, -0.05) is 72.4 Å². The van der Waals surface area contributed by atoms with E-state index in [0.29, 0.717) is 0 Å². The van der Waals surface area contributed by atoms with Gasteiger partial charge in [-0.3, -0.25) is 0 Å². The van der Waals surface area contributed by atoms with Crippen molar-refractivity contribution in [1.29, 1.82) is 0 Å². The monoisotopic (exact) mass is 320 g/mol. The lowest BCUT2D eigenvalue weighted by Gasteiger charge is -2.00. The van der Waals surface area contributed by atoms with Crippen molar-refractivity contribution in [1.82, 2.24) is 0 Å². The van der Waals surface area contributed by atoms with Crippen LogP contribution < -0.4 is 0 Å². The van der Waals surface area contributed by atoms with Crippen molar-refractivity contribution in [2.45, 2.75) is 0 Å². The lowest BCUT2D eigenvalue weighted by atomic mass is 10.5. The minimum atomic E-state index is 0.976. The highest BCUT2D eigenvalue weighted by Crippen LogP contribution is 2.61. The fourth-order valence-corrected chi connectivity index (χ4v) is 6.91. The van der Waals surface area contributed by atoms with Crippen LogP contribution >= 0.6 is 72.3 Å². The van der Waals surface area contributed by atoms with Gasteiger partial charge in [0.15, 0.2) is 0 Å². The SMILES string of the molecule is C=CC1=C(C=C)SC(=C2SC(S)=C(S)S2)S1. The Balaban J connectivity index is 2.21. The van der Waals surface area contributed by atoms with E-state index in [1.807, 2.05) is 12.2 Å². The Morgan fingerprint density at radius 2 is 1.12 bits per heavy atom. The topological polar surface area (TPSA) is 0 Å². The number of thioether (sulfide) groups is 4. The van der Waals surface area contributed by atoms with Crippen molar-refractivity contribution in [2.24, 2.45) is 0 Å². The number of allylic oxidation sites excluding steroid dienone is 2. The van der Waals surface area contributed by atoms with Gasteiger partial charge in [-0.2, -0.15) is 0 Å². The highest BCUT2D eigenvalue weighted by atomic mass is 32.2. The van der Waals surface area contributed by atoms with Crippen LogP contribution in [0.1, 0.15) is 0 Å². The lowest BCUT2D eigenvalue weighted by Crippen LogP contribution is -1.66. The fraction of sp³-hybridized carbons (Fsp3) is 0. The van der Waals surface area contributed by atoms with Crippen LogP contribution in [0.5, 0.6) is 0 Å². The zero-order chi connectivity index (χ0) is 11.7. The smallest absolute Gasteiger partial charge is 0.0717 e. The third kappa shape index (κ3) is 2.62. The average molecular weight is 321 g/mol. The minimum absolute atomic E-state index is 0.976. The van der Waals surface area contributed by atoms with Crippen LogP contribution in [0, 0.1) is 0 Å². The first-order valence-electron chi connectivity index (χ1n) is 4.22. The molecule has 0 unspecified atom stereocenters. The first kappa shape index (κ1) is 13.2. The Bertz CT molecular complexity index is 416. The second kappa shape index (κ2) is 5.63. The summed E-state index contributed by atoms with van der Waals surface area (Å²) in [4.78, 5) is 2.36. The van der Waals surface area contributed by atoms with Crippen molar-refractivity contribution in [2.75, 3.05) is 0 Å². The van der Waals surface area contributed by atoms with E-state index in [1.165, 1.54) is 18.3 Å². The maximum Gasteiger partial charge on any atom is 0.0717 e. The van der Waals surface area contributed by atoms with Crippen LogP contribution in [0.3, 0.4) is 0 Å². The third-order valence-electron chi connectivity index (χ3n) is 1.75. The number of hydrogen-bond acceptors (Lipinski definition) is 6. The zero-order valence-corrected chi connectivity index (χ0v) is 13.2. The molecule has 2 rings (SSSR count). The number of hydrogen-bond donors (Lipinski definition) is 2. The molecule has 0 aromatic rings. The molecule has 2 aliphatic rings. The molecule has 0 N–H and O–H groups in total. The first-order valence-corrected chi connectivity index (χ1v) is 8.38. The summed E-state index contributed by atoms with van der Waals surface area (Å²) < 4.78 is 4.48.